The van der Waals surface area contributed by atoms with Crippen LogP contribution < -0.4 is 0 Å². The predicted molar refractivity (Wildman–Crippen MR) is 94.1 cm³/mol. The van der Waals surface area contributed by atoms with Gasteiger partial charge in [0.05, 0.1) is 10.4 Å². The molecule has 0 aliphatic rings. The van der Waals surface area contributed by atoms with Crippen molar-refractivity contribution < 1.29 is 4.92 Å². The molecule has 0 spiro atoms. The van der Waals surface area contributed by atoms with Crippen LogP contribution >= 0.6 is 11.6 Å². The van der Waals surface area contributed by atoms with Gasteiger partial charge in [0, 0.05) is 23.1 Å². The van der Waals surface area contributed by atoms with E-state index in [1.807, 2.05) is 42.5 Å². The van der Waals surface area contributed by atoms with Gasteiger partial charge in [-0.3, -0.25) is 10.1 Å². The summed E-state index contributed by atoms with van der Waals surface area (Å²) in [7, 11) is 0. The van der Waals surface area contributed by atoms with E-state index in [2.05, 4.69) is 9.97 Å². The van der Waals surface area contributed by atoms with Gasteiger partial charge in [-0.1, -0.05) is 48.0 Å². The number of hydrogen-bond acceptors (Lipinski definition) is 4. The van der Waals surface area contributed by atoms with Gasteiger partial charge in [-0.15, -0.1) is 0 Å². The van der Waals surface area contributed by atoms with Crippen molar-refractivity contribution in [3.05, 3.63) is 75.9 Å². The van der Waals surface area contributed by atoms with Gasteiger partial charge < -0.3 is 0 Å². The summed E-state index contributed by atoms with van der Waals surface area (Å²) >= 11 is 6.23. The number of nitrogens with zero attached hydrogens (tertiary/aromatic N) is 3. The summed E-state index contributed by atoms with van der Waals surface area (Å²) < 4.78 is 0. The second kappa shape index (κ2) is 5.54. The minimum absolute atomic E-state index is 0.0357. The average Bonchev–Trinajstić information content (AvgIpc) is 2.61. The molecule has 4 aromatic rings. The van der Waals surface area contributed by atoms with Gasteiger partial charge in [0.2, 0.25) is 0 Å². The SMILES string of the molecule is O=[N+]([O-])c1ccc2nc(-c3ccc4ccccc4c3)nc(Cl)c2c1. The fourth-order valence-electron chi connectivity index (χ4n) is 2.65. The van der Waals surface area contributed by atoms with Crippen molar-refractivity contribution in [2.24, 2.45) is 0 Å². The summed E-state index contributed by atoms with van der Waals surface area (Å²) in [5.41, 5.74) is 1.38. The first-order chi connectivity index (χ1) is 11.6. The van der Waals surface area contributed by atoms with E-state index in [1.165, 1.54) is 12.1 Å². The van der Waals surface area contributed by atoms with E-state index in [1.54, 1.807) is 6.07 Å². The van der Waals surface area contributed by atoms with E-state index in [4.69, 9.17) is 11.6 Å². The molecule has 1 aromatic heterocycles. The second-order valence-corrected chi connectivity index (χ2v) is 5.72. The fourth-order valence-corrected chi connectivity index (χ4v) is 2.88. The van der Waals surface area contributed by atoms with Crippen molar-refractivity contribution in [3.8, 4) is 11.4 Å². The highest BCUT2D eigenvalue weighted by Gasteiger charge is 2.13. The van der Waals surface area contributed by atoms with Crippen LogP contribution in [0.4, 0.5) is 5.69 Å². The van der Waals surface area contributed by atoms with Gasteiger partial charge >= 0.3 is 0 Å². The number of benzene rings is 3. The first-order valence-electron chi connectivity index (χ1n) is 7.23. The zero-order chi connectivity index (χ0) is 16.7. The lowest BCUT2D eigenvalue weighted by molar-refractivity contribution is -0.384. The summed E-state index contributed by atoms with van der Waals surface area (Å²) in [5, 5.41) is 13.8. The summed E-state index contributed by atoms with van der Waals surface area (Å²) in [5.74, 6) is 0.493. The Kier molecular flexibility index (Phi) is 3.36. The molecule has 0 amide bonds. The van der Waals surface area contributed by atoms with E-state index < -0.39 is 4.92 Å². The van der Waals surface area contributed by atoms with Crippen LogP contribution in [0.3, 0.4) is 0 Å². The van der Waals surface area contributed by atoms with Crippen LogP contribution in [0.15, 0.2) is 60.7 Å². The second-order valence-electron chi connectivity index (χ2n) is 5.36. The van der Waals surface area contributed by atoms with Gasteiger partial charge in [0.25, 0.3) is 5.69 Å². The van der Waals surface area contributed by atoms with Gasteiger partial charge in [-0.2, -0.15) is 0 Å². The molecule has 4 rings (SSSR count). The van der Waals surface area contributed by atoms with E-state index in [0.717, 1.165) is 16.3 Å². The maximum absolute atomic E-state index is 10.9. The maximum atomic E-state index is 10.9. The standard InChI is InChI=1S/C18H10ClN3O2/c19-17-15-10-14(22(23)24)7-8-16(15)20-18(21-17)13-6-5-11-3-1-2-4-12(11)9-13/h1-10H. The molecule has 116 valence electrons. The molecular weight excluding hydrogens is 326 g/mol. The average molecular weight is 336 g/mol. The van der Waals surface area contributed by atoms with Crippen LogP contribution in [0.2, 0.25) is 5.15 Å². The minimum Gasteiger partial charge on any atom is -0.258 e. The van der Waals surface area contributed by atoms with E-state index >= 15 is 0 Å². The first kappa shape index (κ1) is 14.5. The summed E-state index contributed by atoms with van der Waals surface area (Å²) in [6.45, 7) is 0. The Morgan fingerprint density at radius 1 is 0.917 bits per heavy atom. The number of rotatable bonds is 2. The van der Waals surface area contributed by atoms with Crippen molar-refractivity contribution in [1.82, 2.24) is 9.97 Å². The lowest BCUT2D eigenvalue weighted by Crippen LogP contribution is -1.94. The van der Waals surface area contributed by atoms with Crippen molar-refractivity contribution in [2.45, 2.75) is 0 Å². The number of halogens is 1. The number of nitro groups is 1. The zero-order valence-corrected chi connectivity index (χ0v) is 13.1. The first-order valence-corrected chi connectivity index (χ1v) is 7.60. The molecule has 0 aliphatic heterocycles. The van der Waals surface area contributed by atoms with Crippen LogP contribution in [0.5, 0.6) is 0 Å². The highest BCUT2D eigenvalue weighted by molar-refractivity contribution is 6.34. The Morgan fingerprint density at radius 3 is 2.50 bits per heavy atom. The summed E-state index contributed by atoms with van der Waals surface area (Å²) in [6, 6.07) is 18.3. The Labute approximate surface area is 141 Å². The van der Waals surface area contributed by atoms with Crippen LogP contribution in [0.1, 0.15) is 0 Å². The number of non-ortho nitro benzene ring substituents is 1. The summed E-state index contributed by atoms with van der Waals surface area (Å²) in [4.78, 5) is 19.2. The predicted octanol–water partition coefficient (Wildman–Crippen LogP) is 5.01. The molecule has 0 saturated heterocycles. The zero-order valence-electron chi connectivity index (χ0n) is 12.3. The molecule has 1 heterocycles. The normalized spacial score (nSPS) is 11.0. The van der Waals surface area contributed by atoms with Crippen molar-refractivity contribution in [3.63, 3.8) is 0 Å². The topological polar surface area (TPSA) is 68.9 Å². The Balaban J connectivity index is 1.89. The minimum atomic E-state index is -0.465. The molecule has 5 nitrogen and oxygen atoms in total. The number of hydrogen-bond donors (Lipinski definition) is 0. The Hall–Kier alpha value is -3.05. The number of nitro benzene ring substituents is 1. The number of aromatic nitrogens is 2. The van der Waals surface area contributed by atoms with E-state index in [9.17, 15) is 10.1 Å². The lowest BCUT2D eigenvalue weighted by Gasteiger charge is -2.06. The van der Waals surface area contributed by atoms with Gasteiger partial charge in [-0.25, -0.2) is 9.97 Å². The molecule has 0 unspecified atom stereocenters. The highest BCUT2D eigenvalue weighted by Crippen LogP contribution is 2.29. The molecule has 0 atom stereocenters. The molecule has 6 heteroatoms. The van der Waals surface area contributed by atoms with Crippen molar-refractivity contribution in [2.75, 3.05) is 0 Å². The Bertz CT molecular complexity index is 1110. The largest absolute Gasteiger partial charge is 0.270 e. The van der Waals surface area contributed by atoms with E-state index in [0.29, 0.717) is 16.7 Å². The maximum Gasteiger partial charge on any atom is 0.270 e. The molecular formula is C18H10ClN3O2. The molecule has 0 fully saturated rings. The Morgan fingerprint density at radius 2 is 1.71 bits per heavy atom. The van der Waals surface area contributed by atoms with Gasteiger partial charge in [-0.05, 0) is 22.9 Å². The molecule has 0 bridgehead atoms. The van der Waals surface area contributed by atoms with Gasteiger partial charge in [0.1, 0.15) is 5.15 Å². The molecule has 0 N–H and O–H groups in total. The third-order valence-electron chi connectivity index (χ3n) is 3.85. The van der Waals surface area contributed by atoms with Crippen LogP contribution in [-0.2, 0) is 0 Å². The summed E-state index contributed by atoms with van der Waals surface area (Å²) in [6.07, 6.45) is 0. The molecule has 0 aliphatic carbocycles. The van der Waals surface area contributed by atoms with E-state index in [-0.39, 0.29) is 10.8 Å². The smallest absolute Gasteiger partial charge is 0.258 e. The molecule has 0 radical (unpaired) electrons. The fraction of sp³-hybridized carbons (Fsp3) is 0. The van der Waals surface area contributed by atoms with Crippen molar-refractivity contribution in [1.29, 1.82) is 0 Å². The third-order valence-corrected chi connectivity index (χ3v) is 4.14. The molecule has 24 heavy (non-hydrogen) atoms. The monoisotopic (exact) mass is 335 g/mol. The van der Waals surface area contributed by atoms with Crippen molar-refractivity contribution >= 4 is 39.0 Å². The van der Waals surface area contributed by atoms with Gasteiger partial charge in [0.15, 0.2) is 5.82 Å². The third kappa shape index (κ3) is 2.45. The highest BCUT2D eigenvalue weighted by atomic mass is 35.5. The lowest BCUT2D eigenvalue weighted by atomic mass is 10.1. The molecule has 3 aromatic carbocycles. The van der Waals surface area contributed by atoms with Crippen LogP contribution in [0.25, 0.3) is 33.1 Å². The quantitative estimate of drug-likeness (QED) is 0.293. The van der Waals surface area contributed by atoms with Crippen LogP contribution in [-0.4, -0.2) is 14.9 Å². The molecule has 0 saturated carbocycles. The number of fused-ring (bicyclic) bond motifs is 2. The van der Waals surface area contributed by atoms with Crippen LogP contribution in [0, 0.1) is 10.1 Å².